The number of halogens is 1. The van der Waals surface area contributed by atoms with E-state index < -0.39 is 0 Å². The third-order valence-corrected chi connectivity index (χ3v) is 5.96. The summed E-state index contributed by atoms with van der Waals surface area (Å²) >= 11 is 3.51. The van der Waals surface area contributed by atoms with Gasteiger partial charge in [0.1, 0.15) is 0 Å². The molecule has 4 heteroatoms. The molecule has 1 aliphatic carbocycles. The van der Waals surface area contributed by atoms with Gasteiger partial charge in [0, 0.05) is 16.1 Å². The molecule has 0 spiro atoms. The average molecular weight is 398 g/mol. The zero-order chi connectivity index (χ0) is 17.6. The van der Waals surface area contributed by atoms with Gasteiger partial charge in [0.2, 0.25) is 0 Å². The number of hydrogen-bond donors (Lipinski definition) is 1. The highest BCUT2D eigenvalue weighted by Crippen LogP contribution is 2.51. The molecular formula is C21H20BrNO2. The molecule has 0 aromatic heterocycles. The molecular weight excluding hydrogens is 378 g/mol. The first kappa shape index (κ1) is 16.4. The zero-order valence-electron chi connectivity index (χ0n) is 14.3. The predicted octanol–water partition coefficient (Wildman–Crippen LogP) is 5.37. The Bertz CT molecular complexity index is 857. The van der Waals surface area contributed by atoms with Crippen LogP contribution in [0.1, 0.15) is 45.4 Å². The van der Waals surface area contributed by atoms with Crippen molar-refractivity contribution in [2.24, 2.45) is 5.92 Å². The summed E-state index contributed by atoms with van der Waals surface area (Å²) in [6, 6.07) is 12.7. The number of allylic oxidation sites excluding steroid dienone is 2. The van der Waals surface area contributed by atoms with Crippen molar-refractivity contribution in [3.05, 3.63) is 75.3 Å². The molecule has 0 unspecified atom stereocenters. The Kier molecular flexibility index (Phi) is 4.16. The molecule has 3 atom stereocenters. The van der Waals surface area contributed by atoms with Gasteiger partial charge in [0.25, 0.3) is 0 Å². The number of nitrogens with one attached hydrogen (secondary N) is 1. The van der Waals surface area contributed by atoms with Gasteiger partial charge in [-0.3, -0.25) is 0 Å². The van der Waals surface area contributed by atoms with Crippen LogP contribution in [0.5, 0.6) is 0 Å². The number of carbonyl (C=O) groups is 1. The first-order chi connectivity index (χ1) is 12.1. The van der Waals surface area contributed by atoms with Crippen LogP contribution >= 0.6 is 15.9 Å². The lowest BCUT2D eigenvalue weighted by atomic mass is 9.76. The minimum atomic E-state index is -0.286. The van der Waals surface area contributed by atoms with Crippen molar-refractivity contribution in [1.82, 2.24) is 0 Å². The van der Waals surface area contributed by atoms with Crippen LogP contribution in [-0.4, -0.2) is 13.1 Å². The third-order valence-electron chi connectivity index (χ3n) is 5.43. The Morgan fingerprint density at radius 1 is 1.20 bits per heavy atom. The Labute approximate surface area is 156 Å². The van der Waals surface area contributed by atoms with Crippen molar-refractivity contribution < 1.29 is 9.53 Å². The van der Waals surface area contributed by atoms with Gasteiger partial charge >= 0.3 is 5.97 Å². The smallest absolute Gasteiger partial charge is 0.338 e. The maximum atomic E-state index is 12.1. The van der Waals surface area contributed by atoms with Crippen LogP contribution < -0.4 is 5.32 Å². The number of carbonyl (C=O) groups excluding carboxylic acids is 1. The van der Waals surface area contributed by atoms with Gasteiger partial charge in [-0.15, -0.1) is 0 Å². The van der Waals surface area contributed by atoms with Gasteiger partial charge in [0.05, 0.1) is 18.7 Å². The molecule has 2 aliphatic rings. The summed E-state index contributed by atoms with van der Waals surface area (Å²) in [4.78, 5) is 12.1. The molecule has 0 radical (unpaired) electrons. The number of esters is 1. The molecule has 4 rings (SSSR count). The van der Waals surface area contributed by atoms with Crippen LogP contribution in [0.2, 0.25) is 0 Å². The highest BCUT2D eigenvalue weighted by Gasteiger charge is 2.38. The minimum Gasteiger partial charge on any atom is -0.465 e. The minimum absolute atomic E-state index is 0.229. The van der Waals surface area contributed by atoms with Crippen molar-refractivity contribution in [2.75, 3.05) is 12.4 Å². The van der Waals surface area contributed by atoms with E-state index in [2.05, 4.69) is 63.7 Å². The maximum Gasteiger partial charge on any atom is 0.338 e. The molecule has 2 aromatic carbocycles. The monoisotopic (exact) mass is 397 g/mol. The molecule has 3 nitrogen and oxygen atoms in total. The molecule has 0 saturated carbocycles. The van der Waals surface area contributed by atoms with Crippen molar-refractivity contribution in [3.8, 4) is 0 Å². The van der Waals surface area contributed by atoms with Crippen LogP contribution in [0.4, 0.5) is 5.69 Å². The lowest BCUT2D eigenvalue weighted by Crippen LogP contribution is -2.30. The number of rotatable bonds is 2. The molecule has 0 bridgehead atoms. The predicted molar refractivity (Wildman–Crippen MR) is 103 cm³/mol. The van der Waals surface area contributed by atoms with Crippen LogP contribution in [0, 0.1) is 12.8 Å². The van der Waals surface area contributed by atoms with Crippen LogP contribution in [0.3, 0.4) is 0 Å². The number of benzene rings is 2. The molecule has 0 saturated heterocycles. The van der Waals surface area contributed by atoms with E-state index in [-0.39, 0.29) is 12.0 Å². The number of fused-ring (bicyclic) bond motifs is 3. The Morgan fingerprint density at radius 2 is 1.96 bits per heavy atom. The Morgan fingerprint density at radius 3 is 2.68 bits per heavy atom. The number of hydrogen-bond acceptors (Lipinski definition) is 3. The standard InChI is InChI=1S/C21H20BrNO2/c1-12-15(21(24)25-2)10-11-18-16-4-3-5-17(16)20(23-19(12)18)13-6-8-14(22)9-7-13/h3-4,6-11,16-17,20,23H,5H2,1-2H3/t16-,17-,20+/m0/s1. The SMILES string of the molecule is COC(=O)c1ccc2c(c1C)N[C@H](c1ccc(Br)cc1)[C@H]1CC=C[C@H]21. The van der Waals surface area contributed by atoms with E-state index in [9.17, 15) is 4.79 Å². The van der Waals surface area contributed by atoms with Crippen molar-refractivity contribution in [3.63, 3.8) is 0 Å². The largest absolute Gasteiger partial charge is 0.465 e. The number of methoxy groups -OCH3 is 1. The summed E-state index contributed by atoms with van der Waals surface area (Å²) in [6.07, 6.45) is 5.66. The average Bonchev–Trinajstić information content (AvgIpc) is 3.12. The second-order valence-electron chi connectivity index (χ2n) is 6.72. The van der Waals surface area contributed by atoms with Crippen LogP contribution in [0.25, 0.3) is 0 Å². The van der Waals surface area contributed by atoms with Gasteiger partial charge in [-0.1, -0.05) is 46.3 Å². The Balaban J connectivity index is 1.81. The van der Waals surface area contributed by atoms with Crippen molar-refractivity contribution in [1.29, 1.82) is 0 Å². The first-order valence-electron chi connectivity index (χ1n) is 8.50. The van der Waals surface area contributed by atoms with Crippen molar-refractivity contribution >= 4 is 27.6 Å². The summed E-state index contributed by atoms with van der Waals surface area (Å²) in [5.41, 5.74) is 5.21. The topological polar surface area (TPSA) is 38.3 Å². The molecule has 1 aliphatic heterocycles. The van der Waals surface area contributed by atoms with E-state index in [4.69, 9.17) is 4.74 Å². The van der Waals surface area contributed by atoms with E-state index in [1.807, 2.05) is 13.0 Å². The second kappa shape index (κ2) is 6.34. The summed E-state index contributed by atoms with van der Waals surface area (Å²) in [7, 11) is 1.43. The third kappa shape index (κ3) is 2.69. The molecule has 1 N–H and O–H groups in total. The van der Waals surface area contributed by atoms with Gasteiger partial charge in [-0.25, -0.2) is 4.79 Å². The summed E-state index contributed by atoms with van der Waals surface area (Å²) in [6.45, 7) is 2.00. The molecule has 0 fully saturated rings. The highest BCUT2D eigenvalue weighted by molar-refractivity contribution is 9.10. The van der Waals surface area contributed by atoms with Gasteiger partial charge in [-0.05, 0) is 54.2 Å². The molecule has 128 valence electrons. The van der Waals surface area contributed by atoms with Crippen LogP contribution in [-0.2, 0) is 4.74 Å². The van der Waals surface area contributed by atoms with E-state index in [1.54, 1.807) is 0 Å². The fourth-order valence-electron chi connectivity index (χ4n) is 4.15. The molecule has 2 aromatic rings. The molecule has 25 heavy (non-hydrogen) atoms. The van der Waals surface area contributed by atoms with E-state index >= 15 is 0 Å². The number of anilines is 1. The van der Waals surface area contributed by atoms with E-state index in [1.165, 1.54) is 18.2 Å². The van der Waals surface area contributed by atoms with Gasteiger partial charge in [-0.2, -0.15) is 0 Å². The quantitative estimate of drug-likeness (QED) is 0.546. The molecule has 1 heterocycles. The zero-order valence-corrected chi connectivity index (χ0v) is 15.8. The Hall–Kier alpha value is -2.07. The normalized spacial score (nSPS) is 23.6. The van der Waals surface area contributed by atoms with Crippen molar-refractivity contribution in [2.45, 2.75) is 25.3 Å². The van der Waals surface area contributed by atoms with Gasteiger partial charge in [0.15, 0.2) is 0 Å². The summed E-state index contributed by atoms with van der Waals surface area (Å²) < 4.78 is 6.01. The summed E-state index contributed by atoms with van der Waals surface area (Å²) in [5.74, 6) is 0.596. The van der Waals surface area contributed by atoms with Gasteiger partial charge < -0.3 is 10.1 Å². The number of ether oxygens (including phenoxy) is 1. The first-order valence-corrected chi connectivity index (χ1v) is 9.30. The lowest BCUT2D eigenvalue weighted by molar-refractivity contribution is 0.0600. The maximum absolute atomic E-state index is 12.1. The fraction of sp³-hybridized carbons (Fsp3) is 0.286. The second-order valence-corrected chi connectivity index (χ2v) is 7.64. The van der Waals surface area contributed by atoms with E-state index in [0.717, 1.165) is 22.1 Å². The highest BCUT2D eigenvalue weighted by atomic mass is 79.9. The summed E-state index contributed by atoms with van der Waals surface area (Å²) in [5, 5.41) is 3.73. The van der Waals surface area contributed by atoms with E-state index in [0.29, 0.717) is 17.4 Å². The lowest BCUT2D eigenvalue weighted by Gasteiger charge is -2.38. The molecule has 0 amide bonds. The van der Waals surface area contributed by atoms with Crippen LogP contribution in [0.15, 0.2) is 53.0 Å². The fourth-order valence-corrected chi connectivity index (χ4v) is 4.41.